The Hall–Kier alpha value is -2.04. The van der Waals surface area contributed by atoms with Crippen molar-refractivity contribution in [1.82, 2.24) is 4.90 Å². The van der Waals surface area contributed by atoms with E-state index in [0.717, 1.165) is 5.56 Å². The molecule has 1 N–H and O–H groups in total. The molecule has 0 aliphatic carbocycles. The van der Waals surface area contributed by atoms with E-state index in [1.54, 1.807) is 0 Å². The first kappa shape index (κ1) is 15.4. The second-order valence-corrected chi connectivity index (χ2v) is 6.36. The third kappa shape index (κ3) is 2.60. The Morgan fingerprint density at radius 3 is 2.33 bits per heavy atom. The van der Waals surface area contributed by atoms with Crippen molar-refractivity contribution < 1.29 is 19.4 Å². The van der Waals surface area contributed by atoms with Crippen LogP contribution >= 0.6 is 0 Å². The normalized spacial score (nSPS) is 21.6. The molecule has 0 bridgehead atoms. The lowest BCUT2D eigenvalue weighted by atomic mass is 9.66. The average Bonchev–Trinajstić information content (AvgIpc) is 2.34. The molecule has 0 saturated carbocycles. The number of hydrogen-bond donors (Lipinski definition) is 1. The molecule has 21 heavy (non-hydrogen) atoms. The number of benzene rings is 1. The van der Waals surface area contributed by atoms with Crippen LogP contribution in [0.5, 0.6) is 0 Å². The number of aliphatic carboxylic acids is 1. The molecule has 5 nitrogen and oxygen atoms in total. The standard InChI is InChI=1S/C16H21NO4/c1-15(2,3)16(13(18)19)9-10-17(16)14(20)21-11-12-7-5-4-6-8-12/h4-8H,9-11H2,1-3H3,(H,18,19)/t16-/m0/s1. The second-order valence-electron chi connectivity index (χ2n) is 6.36. The lowest BCUT2D eigenvalue weighted by Gasteiger charge is -2.55. The van der Waals surface area contributed by atoms with Gasteiger partial charge in [0.15, 0.2) is 0 Å². The molecule has 1 heterocycles. The Balaban J connectivity index is 2.07. The van der Waals surface area contributed by atoms with Crippen molar-refractivity contribution in [3.05, 3.63) is 35.9 Å². The highest BCUT2D eigenvalue weighted by molar-refractivity contribution is 5.87. The molecule has 0 radical (unpaired) electrons. The summed E-state index contributed by atoms with van der Waals surface area (Å²) in [5.41, 5.74) is -0.855. The summed E-state index contributed by atoms with van der Waals surface area (Å²) in [5.74, 6) is -0.974. The fraction of sp³-hybridized carbons (Fsp3) is 0.500. The summed E-state index contributed by atoms with van der Waals surface area (Å²) in [5, 5.41) is 9.57. The van der Waals surface area contributed by atoms with Crippen molar-refractivity contribution in [3.8, 4) is 0 Å². The quantitative estimate of drug-likeness (QED) is 0.930. The molecule has 1 aromatic carbocycles. The van der Waals surface area contributed by atoms with Gasteiger partial charge in [0.25, 0.3) is 0 Å². The molecule has 1 aliphatic rings. The SMILES string of the molecule is CC(C)(C)[C@@]1(C(=O)O)CCN1C(=O)OCc1ccccc1. The van der Waals surface area contributed by atoms with Crippen LogP contribution in [0.25, 0.3) is 0 Å². The Morgan fingerprint density at radius 1 is 1.29 bits per heavy atom. The minimum absolute atomic E-state index is 0.149. The molecule has 1 aromatic rings. The summed E-state index contributed by atoms with van der Waals surface area (Å²) in [7, 11) is 0. The zero-order valence-corrected chi connectivity index (χ0v) is 12.6. The Bertz CT molecular complexity index is 535. The van der Waals surface area contributed by atoms with Gasteiger partial charge in [-0.3, -0.25) is 4.90 Å². The van der Waals surface area contributed by atoms with Crippen LogP contribution in [0, 0.1) is 5.41 Å². The predicted octanol–water partition coefficient (Wildman–Crippen LogP) is 2.90. The van der Waals surface area contributed by atoms with Crippen LogP contribution in [0.2, 0.25) is 0 Å². The van der Waals surface area contributed by atoms with E-state index in [1.807, 2.05) is 51.1 Å². The summed E-state index contributed by atoms with van der Waals surface area (Å²) in [6, 6.07) is 9.33. The van der Waals surface area contributed by atoms with Gasteiger partial charge in [-0.1, -0.05) is 51.1 Å². The van der Waals surface area contributed by atoms with Crippen LogP contribution < -0.4 is 0 Å². The first-order chi connectivity index (χ1) is 9.79. The number of ether oxygens (including phenoxy) is 1. The molecule has 1 amide bonds. The smallest absolute Gasteiger partial charge is 0.411 e. The third-order valence-corrected chi connectivity index (χ3v) is 4.18. The molecule has 1 atom stereocenters. The number of nitrogens with zero attached hydrogens (tertiary/aromatic N) is 1. The van der Waals surface area contributed by atoms with Crippen LogP contribution in [-0.4, -0.2) is 34.2 Å². The first-order valence-corrected chi connectivity index (χ1v) is 7.01. The Kier molecular flexibility index (Phi) is 3.94. The van der Waals surface area contributed by atoms with Crippen LogP contribution in [0.4, 0.5) is 4.79 Å². The lowest BCUT2D eigenvalue weighted by Crippen LogP contribution is -2.72. The predicted molar refractivity (Wildman–Crippen MR) is 77.8 cm³/mol. The number of hydrogen-bond acceptors (Lipinski definition) is 3. The number of carboxylic acids is 1. The van der Waals surface area contributed by atoms with Crippen molar-refractivity contribution in [2.45, 2.75) is 39.3 Å². The van der Waals surface area contributed by atoms with E-state index >= 15 is 0 Å². The molecule has 1 saturated heterocycles. The van der Waals surface area contributed by atoms with Crippen LogP contribution in [-0.2, 0) is 16.1 Å². The number of carbonyl (C=O) groups excluding carboxylic acids is 1. The molecule has 0 spiro atoms. The van der Waals surface area contributed by atoms with Crippen molar-refractivity contribution >= 4 is 12.1 Å². The van der Waals surface area contributed by atoms with E-state index < -0.39 is 23.0 Å². The number of rotatable bonds is 3. The van der Waals surface area contributed by atoms with E-state index in [2.05, 4.69) is 0 Å². The molecule has 0 aromatic heterocycles. The first-order valence-electron chi connectivity index (χ1n) is 7.01. The van der Waals surface area contributed by atoms with Gasteiger partial charge in [0.05, 0.1) is 0 Å². The largest absolute Gasteiger partial charge is 0.479 e. The number of carboxylic acid groups (broad SMARTS) is 1. The highest BCUT2D eigenvalue weighted by atomic mass is 16.6. The van der Waals surface area contributed by atoms with Crippen molar-refractivity contribution in [2.75, 3.05) is 6.54 Å². The van der Waals surface area contributed by atoms with Gasteiger partial charge in [0.2, 0.25) is 0 Å². The molecule has 2 rings (SSSR count). The van der Waals surface area contributed by atoms with Crippen molar-refractivity contribution in [1.29, 1.82) is 0 Å². The minimum Gasteiger partial charge on any atom is -0.479 e. The molecular formula is C16H21NO4. The fourth-order valence-electron chi connectivity index (χ4n) is 2.81. The number of amides is 1. The summed E-state index contributed by atoms with van der Waals surface area (Å²) >= 11 is 0. The molecule has 1 aliphatic heterocycles. The Labute approximate surface area is 124 Å². The van der Waals surface area contributed by atoms with Gasteiger partial charge in [-0.15, -0.1) is 0 Å². The second kappa shape index (κ2) is 5.39. The Morgan fingerprint density at radius 2 is 1.90 bits per heavy atom. The van der Waals surface area contributed by atoms with Gasteiger partial charge in [-0.05, 0) is 17.4 Å². The van der Waals surface area contributed by atoms with Gasteiger partial charge >= 0.3 is 12.1 Å². The highest BCUT2D eigenvalue weighted by Crippen LogP contribution is 2.45. The van der Waals surface area contributed by atoms with E-state index in [0.29, 0.717) is 13.0 Å². The summed E-state index contributed by atoms with van der Waals surface area (Å²) in [6.45, 7) is 6.06. The fourth-order valence-corrected chi connectivity index (χ4v) is 2.81. The van der Waals surface area contributed by atoms with Crippen molar-refractivity contribution in [2.24, 2.45) is 5.41 Å². The van der Waals surface area contributed by atoms with Gasteiger partial charge in [-0.2, -0.15) is 0 Å². The maximum absolute atomic E-state index is 12.2. The minimum atomic E-state index is -1.18. The summed E-state index contributed by atoms with van der Waals surface area (Å²) < 4.78 is 5.26. The molecule has 114 valence electrons. The van der Waals surface area contributed by atoms with E-state index in [-0.39, 0.29) is 6.61 Å². The van der Waals surface area contributed by atoms with Gasteiger partial charge < -0.3 is 9.84 Å². The van der Waals surface area contributed by atoms with Gasteiger partial charge in [0, 0.05) is 6.54 Å². The van der Waals surface area contributed by atoms with Crippen LogP contribution in [0.3, 0.4) is 0 Å². The summed E-state index contributed by atoms with van der Waals surface area (Å²) in [4.78, 5) is 25.2. The average molecular weight is 291 g/mol. The van der Waals surface area contributed by atoms with Crippen LogP contribution in [0.15, 0.2) is 30.3 Å². The zero-order chi connectivity index (χ0) is 15.7. The van der Waals surface area contributed by atoms with Gasteiger partial charge in [-0.25, -0.2) is 9.59 Å². The summed E-state index contributed by atoms with van der Waals surface area (Å²) in [6.07, 6.45) is -0.117. The molecule has 1 fully saturated rings. The van der Waals surface area contributed by atoms with Crippen LogP contribution in [0.1, 0.15) is 32.8 Å². The van der Waals surface area contributed by atoms with Gasteiger partial charge in [0.1, 0.15) is 12.1 Å². The van der Waals surface area contributed by atoms with Crippen molar-refractivity contribution in [3.63, 3.8) is 0 Å². The third-order valence-electron chi connectivity index (χ3n) is 4.18. The number of carbonyl (C=O) groups is 2. The molecular weight excluding hydrogens is 270 g/mol. The maximum Gasteiger partial charge on any atom is 0.411 e. The highest BCUT2D eigenvalue weighted by Gasteiger charge is 2.61. The topological polar surface area (TPSA) is 66.8 Å². The zero-order valence-electron chi connectivity index (χ0n) is 12.6. The molecule has 0 unspecified atom stereocenters. The van der Waals surface area contributed by atoms with E-state index in [1.165, 1.54) is 4.90 Å². The maximum atomic E-state index is 12.2. The lowest BCUT2D eigenvalue weighted by molar-refractivity contribution is -0.172. The monoisotopic (exact) mass is 291 g/mol. The molecule has 5 heteroatoms. The van der Waals surface area contributed by atoms with E-state index in [9.17, 15) is 14.7 Å². The number of likely N-dealkylation sites (tertiary alicyclic amines) is 1. The van der Waals surface area contributed by atoms with E-state index in [4.69, 9.17) is 4.74 Å².